The van der Waals surface area contributed by atoms with Gasteiger partial charge in [0.25, 0.3) is 11.8 Å². The molecule has 0 aliphatic carbocycles. The summed E-state index contributed by atoms with van der Waals surface area (Å²) < 4.78 is 11.1. The summed E-state index contributed by atoms with van der Waals surface area (Å²) in [5.41, 5.74) is 1.36. The molecule has 1 aliphatic rings. The smallest absolute Gasteiger partial charge is 0.260 e. The van der Waals surface area contributed by atoms with Crippen molar-refractivity contribution >= 4 is 23.4 Å². The van der Waals surface area contributed by atoms with Gasteiger partial charge in [-0.25, -0.2) is 0 Å². The summed E-state index contributed by atoms with van der Waals surface area (Å²) in [6.45, 7) is 4.53. The highest BCUT2D eigenvalue weighted by Gasteiger charge is 2.29. The van der Waals surface area contributed by atoms with Crippen LogP contribution in [0.1, 0.15) is 49.0 Å². The van der Waals surface area contributed by atoms with Gasteiger partial charge in [-0.2, -0.15) is 0 Å². The van der Waals surface area contributed by atoms with Crippen molar-refractivity contribution < 1.29 is 19.1 Å². The summed E-state index contributed by atoms with van der Waals surface area (Å²) in [6.07, 6.45) is 3.21. The van der Waals surface area contributed by atoms with E-state index in [0.717, 1.165) is 24.8 Å². The number of hydrogen-bond donors (Lipinski definition) is 0. The summed E-state index contributed by atoms with van der Waals surface area (Å²) in [5, 5.41) is 0.589. The molecule has 2 amide bonds. The minimum atomic E-state index is -0.134. The second kappa shape index (κ2) is 10.7. The first-order valence-corrected chi connectivity index (χ1v) is 11.3. The summed E-state index contributed by atoms with van der Waals surface area (Å²) in [6, 6.07) is 12.7. The molecule has 7 heteroatoms. The van der Waals surface area contributed by atoms with Gasteiger partial charge in [-0.05, 0) is 75.6 Å². The van der Waals surface area contributed by atoms with E-state index in [1.165, 1.54) is 0 Å². The van der Waals surface area contributed by atoms with Crippen LogP contribution in [-0.4, -0.2) is 54.5 Å². The van der Waals surface area contributed by atoms with Crippen LogP contribution in [0.2, 0.25) is 5.02 Å². The highest BCUT2D eigenvalue weighted by molar-refractivity contribution is 6.30. The Kier molecular flexibility index (Phi) is 8.02. The van der Waals surface area contributed by atoms with Crippen LogP contribution >= 0.6 is 11.6 Å². The SMILES string of the molecule is COc1ccc(Cl)cc1CN(C)C(=O)c1ccc(OCC(=O)N2C(C)CCCC2C)cc1. The Morgan fingerprint density at radius 3 is 2.38 bits per heavy atom. The Labute approximate surface area is 195 Å². The number of carbonyl (C=O) groups is 2. The molecule has 1 heterocycles. The number of benzene rings is 2. The molecule has 32 heavy (non-hydrogen) atoms. The van der Waals surface area contributed by atoms with Crippen LogP contribution in [0.3, 0.4) is 0 Å². The standard InChI is InChI=1S/C25H31ClN2O4/c1-17-6-5-7-18(2)28(17)24(29)16-32-22-11-8-19(9-12-22)25(30)27(3)15-20-14-21(26)10-13-23(20)31-4/h8-14,17-18H,5-7,15-16H2,1-4H3. The van der Waals surface area contributed by atoms with E-state index in [2.05, 4.69) is 13.8 Å². The molecule has 0 N–H and O–H groups in total. The quantitative estimate of drug-likeness (QED) is 0.598. The fourth-order valence-corrected chi connectivity index (χ4v) is 4.44. The number of rotatable bonds is 7. The summed E-state index contributed by atoms with van der Waals surface area (Å²) in [4.78, 5) is 29.0. The lowest BCUT2D eigenvalue weighted by molar-refractivity contribution is -0.139. The summed E-state index contributed by atoms with van der Waals surface area (Å²) >= 11 is 6.09. The lowest BCUT2D eigenvalue weighted by Gasteiger charge is -2.38. The third-order valence-electron chi connectivity index (χ3n) is 5.94. The van der Waals surface area contributed by atoms with E-state index in [1.54, 1.807) is 61.5 Å². The molecule has 0 aromatic heterocycles. The number of likely N-dealkylation sites (tertiary alicyclic amines) is 1. The van der Waals surface area contributed by atoms with Gasteiger partial charge in [-0.1, -0.05) is 11.6 Å². The molecular formula is C25H31ClN2O4. The number of carbonyl (C=O) groups excluding carboxylic acids is 2. The second-order valence-electron chi connectivity index (χ2n) is 8.36. The molecule has 0 saturated carbocycles. The number of methoxy groups -OCH3 is 1. The minimum Gasteiger partial charge on any atom is -0.496 e. The van der Waals surface area contributed by atoms with Gasteiger partial charge in [0.1, 0.15) is 11.5 Å². The van der Waals surface area contributed by atoms with Crippen molar-refractivity contribution in [3.63, 3.8) is 0 Å². The van der Waals surface area contributed by atoms with Gasteiger partial charge in [0.2, 0.25) is 0 Å². The number of amides is 2. The summed E-state index contributed by atoms with van der Waals surface area (Å²) in [7, 11) is 3.32. The van der Waals surface area contributed by atoms with E-state index in [1.807, 2.05) is 4.90 Å². The maximum Gasteiger partial charge on any atom is 0.260 e. The van der Waals surface area contributed by atoms with Gasteiger partial charge < -0.3 is 19.3 Å². The number of hydrogen-bond acceptors (Lipinski definition) is 4. The van der Waals surface area contributed by atoms with Crippen LogP contribution in [0.15, 0.2) is 42.5 Å². The zero-order valence-electron chi connectivity index (χ0n) is 19.1. The van der Waals surface area contributed by atoms with Crippen molar-refractivity contribution in [1.29, 1.82) is 0 Å². The third-order valence-corrected chi connectivity index (χ3v) is 6.18. The number of ether oxygens (including phenoxy) is 2. The van der Waals surface area contributed by atoms with Crippen molar-refractivity contribution in [2.75, 3.05) is 20.8 Å². The highest BCUT2D eigenvalue weighted by Crippen LogP contribution is 2.25. The van der Waals surface area contributed by atoms with Crippen molar-refractivity contribution in [2.24, 2.45) is 0 Å². The molecule has 1 aliphatic heterocycles. The van der Waals surface area contributed by atoms with E-state index in [4.69, 9.17) is 21.1 Å². The first-order chi connectivity index (χ1) is 15.3. The minimum absolute atomic E-state index is 0.0000513. The van der Waals surface area contributed by atoms with Crippen LogP contribution in [0.25, 0.3) is 0 Å². The highest BCUT2D eigenvalue weighted by atomic mass is 35.5. The van der Waals surface area contributed by atoms with Gasteiger partial charge in [-0.3, -0.25) is 9.59 Å². The fraction of sp³-hybridized carbons (Fsp3) is 0.440. The van der Waals surface area contributed by atoms with Crippen LogP contribution in [0.4, 0.5) is 0 Å². The molecule has 172 valence electrons. The summed E-state index contributed by atoms with van der Waals surface area (Å²) in [5.74, 6) is 1.11. The molecule has 0 spiro atoms. The van der Waals surface area contributed by atoms with E-state index in [-0.39, 0.29) is 30.5 Å². The predicted molar refractivity (Wildman–Crippen MR) is 125 cm³/mol. The van der Waals surface area contributed by atoms with E-state index >= 15 is 0 Å². The average molecular weight is 459 g/mol. The first-order valence-electron chi connectivity index (χ1n) is 10.9. The van der Waals surface area contributed by atoms with Crippen molar-refractivity contribution in [3.05, 3.63) is 58.6 Å². The fourth-order valence-electron chi connectivity index (χ4n) is 4.24. The van der Waals surface area contributed by atoms with Crippen LogP contribution in [0, 0.1) is 0 Å². The molecule has 2 aromatic rings. The molecule has 0 bridgehead atoms. The number of piperidine rings is 1. The Balaban J connectivity index is 1.58. The maximum atomic E-state index is 12.8. The Hall–Kier alpha value is -2.73. The van der Waals surface area contributed by atoms with Crippen molar-refractivity contribution in [1.82, 2.24) is 9.80 Å². The van der Waals surface area contributed by atoms with E-state index in [0.29, 0.717) is 28.6 Å². The number of halogens is 1. The van der Waals surface area contributed by atoms with Crippen LogP contribution in [-0.2, 0) is 11.3 Å². The van der Waals surface area contributed by atoms with E-state index < -0.39 is 0 Å². The zero-order chi connectivity index (χ0) is 23.3. The van der Waals surface area contributed by atoms with Crippen LogP contribution in [0.5, 0.6) is 11.5 Å². The first kappa shape index (κ1) is 23.9. The Morgan fingerprint density at radius 2 is 1.75 bits per heavy atom. The molecule has 2 unspecified atom stereocenters. The number of nitrogens with zero attached hydrogens (tertiary/aromatic N) is 2. The largest absolute Gasteiger partial charge is 0.496 e. The van der Waals surface area contributed by atoms with Gasteiger partial charge in [0, 0.05) is 41.8 Å². The maximum absolute atomic E-state index is 12.8. The molecule has 1 fully saturated rings. The topological polar surface area (TPSA) is 59.1 Å². The molecule has 1 saturated heterocycles. The predicted octanol–water partition coefficient (Wildman–Crippen LogP) is 4.79. The van der Waals surface area contributed by atoms with Crippen molar-refractivity contribution in [2.45, 2.75) is 51.7 Å². The van der Waals surface area contributed by atoms with Gasteiger partial charge in [-0.15, -0.1) is 0 Å². The van der Waals surface area contributed by atoms with Crippen LogP contribution < -0.4 is 9.47 Å². The zero-order valence-corrected chi connectivity index (χ0v) is 19.9. The van der Waals surface area contributed by atoms with E-state index in [9.17, 15) is 9.59 Å². The van der Waals surface area contributed by atoms with Gasteiger partial charge in [0.05, 0.1) is 7.11 Å². The average Bonchev–Trinajstić information content (AvgIpc) is 2.77. The Bertz CT molecular complexity index is 937. The van der Waals surface area contributed by atoms with Gasteiger partial charge in [0.15, 0.2) is 6.61 Å². The molecule has 2 atom stereocenters. The molecule has 2 aromatic carbocycles. The molecule has 3 rings (SSSR count). The normalized spacial score (nSPS) is 18.2. The monoisotopic (exact) mass is 458 g/mol. The molecule has 0 radical (unpaired) electrons. The molecule has 6 nitrogen and oxygen atoms in total. The lowest BCUT2D eigenvalue weighted by Crippen LogP contribution is -2.49. The second-order valence-corrected chi connectivity index (χ2v) is 8.80. The third kappa shape index (κ3) is 5.74. The van der Waals surface area contributed by atoms with Crippen molar-refractivity contribution in [3.8, 4) is 11.5 Å². The van der Waals surface area contributed by atoms with Gasteiger partial charge >= 0.3 is 0 Å². The molecular weight excluding hydrogens is 428 g/mol. The Morgan fingerprint density at radius 1 is 1.09 bits per heavy atom. The lowest BCUT2D eigenvalue weighted by atomic mass is 9.97.